The smallest absolute Gasteiger partial charge is 0.127 e. The Hall–Kier alpha value is -5.47. The Labute approximate surface area is 316 Å². The highest BCUT2D eigenvalue weighted by Crippen LogP contribution is 2.37. The van der Waals surface area contributed by atoms with Gasteiger partial charge in [0.05, 0.1) is 5.70 Å². The Bertz CT molecular complexity index is 2130. The molecule has 0 saturated carbocycles. The van der Waals surface area contributed by atoms with Crippen molar-refractivity contribution in [2.24, 2.45) is 16.8 Å². The maximum Gasteiger partial charge on any atom is 0.127 e. The molecule has 3 aliphatic rings. The molecule has 0 saturated heterocycles. The first-order valence-electron chi connectivity index (χ1n) is 19.5. The van der Waals surface area contributed by atoms with Crippen LogP contribution in [0.4, 0.5) is 0 Å². The average Bonchev–Trinajstić information content (AvgIpc) is 3.31. The monoisotopic (exact) mass is 691 g/mol. The van der Waals surface area contributed by atoms with Crippen LogP contribution in [0.3, 0.4) is 0 Å². The molecule has 0 N–H and O–H groups in total. The van der Waals surface area contributed by atoms with E-state index in [1.165, 1.54) is 51.9 Å². The molecule has 0 aromatic heterocycles. The Kier molecular flexibility index (Phi) is 10.8. The van der Waals surface area contributed by atoms with Crippen LogP contribution < -0.4 is 4.74 Å². The van der Waals surface area contributed by atoms with Crippen molar-refractivity contribution in [3.05, 3.63) is 187 Å². The van der Waals surface area contributed by atoms with Crippen LogP contribution >= 0.6 is 0 Å². The van der Waals surface area contributed by atoms with E-state index in [1.807, 2.05) is 0 Å². The van der Waals surface area contributed by atoms with Gasteiger partial charge in [-0.15, -0.1) is 0 Å². The second-order valence-corrected chi connectivity index (χ2v) is 15.1. The molecule has 1 heterocycles. The minimum Gasteiger partial charge on any atom is -0.457 e. The first kappa shape index (κ1) is 34.6. The van der Waals surface area contributed by atoms with E-state index in [4.69, 9.17) is 9.73 Å². The third-order valence-corrected chi connectivity index (χ3v) is 11.2. The first-order chi connectivity index (χ1) is 26.1. The second kappa shape index (κ2) is 16.5. The number of aliphatic imine (C=N–C) groups is 1. The minimum absolute atomic E-state index is 0.381. The van der Waals surface area contributed by atoms with Crippen LogP contribution in [0.25, 0.3) is 28.0 Å². The van der Waals surface area contributed by atoms with Gasteiger partial charge >= 0.3 is 0 Å². The topological polar surface area (TPSA) is 21.6 Å². The fourth-order valence-electron chi connectivity index (χ4n) is 8.26. The summed E-state index contributed by atoms with van der Waals surface area (Å²) in [5.41, 5.74) is 11.3. The van der Waals surface area contributed by atoms with E-state index in [0.717, 1.165) is 54.9 Å². The number of nitrogens with zero attached hydrogens (tertiary/aromatic N) is 1. The molecule has 2 aliphatic carbocycles. The number of ether oxygens (including phenoxy) is 1. The summed E-state index contributed by atoms with van der Waals surface area (Å²) < 4.78 is 6.41. The van der Waals surface area contributed by atoms with Gasteiger partial charge in [0.25, 0.3) is 0 Å². The molecule has 0 fully saturated rings. The lowest BCUT2D eigenvalue weighted by Gasteiger charge is -2.24. The predicted molar refractivity (Wildman–Crippen MR) is 224 cm³/mol. The highest BCUT2D eigenvalue weighted by Gasteiger charge is 2.24. The molecule has 3 unspecified atom stereocenters. The summed E-state index contributed by atoms with van der Waals surface area (Å²) in [5.74, 6) is 3.63. The van der Waals surface area contributed by atoms with Gasteiger partial charge in [0, 0.05) is 23.1 Å². The van der Waals surface area contributed by atoms with E-state index in [-0.39, 0.29) is 0 Å². The van der Waals surface area contributed by atoms with Crippen molar-refractivity contribution >= 4 is 11.4 Å². The summed E-state index contributed by atoms with van der Waals surface area (Å²) in [6.45, 7) is 2.42. The number of rotatable bonds is 8. The summed E-state index contributed by atoms with van der Waals surface area (Å²) >= 11 is 0. The lowest BCUT2D eigenvalue weighted by atomic mass is 9.81. The summed E-state index contributed by atoms with van der Waals surface area (Å²) in [5, 5.41) is 0. The van der Waals surface area contributed by atoms with Crippen molar-refractivity contribution in [2.45, 2.75) is 63.7 Å². The van der Waals surface area contributed by atoms with Crippen LogP contribution in [0.2, 0.25) is 0 Å². The van der Waals surface area contributed by atoms with Crippen LogP contribution in [-0.4, -0.2) is 5.71 Å². The molecule has 1 aliphatic heterocycles. The zero-order valence-corrected chi connectivity index (χ0v) is 30.8. The quantitative estimate of drug-likeness (QED) is 0.148. The number of hydrogen-bond donors (Lipinski definition) is 0. The highest BCUT2D eigenvalue weighted by molar-refractivity contribution is 5.92. The van der Waals surface area contributed by atoms with Gasteiger partial charge in [-0.25, -0.2) is 0 Å². The number of allylic oxidation sites excluding steroid dienone is 7. The number of hydrogen-bond acceptors (Lipinski definition) is 2. The van der Waals surface area contributed by atoms with E-state index in [1.54, 1.807) is 0 Å². The molecule has 8 rings (SSSR count). The molecule has 264 valence electrons. The van der Waals surface area contributed by atoms with Crippen molar-refractivity contribution in [1.29, 1.82) is 0 Å². The van der Waals surface area contributed by atoms with Crippen molar-refractivity contribution in [1.82, 2.24) is 0 Å². The molecule has 5 aromatic carbocycles. The van der Waals surface area contributed by atoms with Gasteiger partial charge in [-0.1, -0.05) is 134 Å². The van der Waals surface area contributed by atoms with Crippen molar-refractivity contribution in [2.75, 3.05) is 0 Å². The van der Waals surface area contributed by atoms with Gasteiger partial charge in [-0.2, -0.15) is 0 Å². The fourth-order valence-corrected chi connectivity index (χ4v) is 8.26. The fraction of sp³-hybridized carbons (Fsp3) is 0.235. The van der Waals surface area contributed by atoms with Gasteiger partial charge in [-0.05, 0) is 133 Å². The Morgan fingerprint density at radius 3 is 1.91 bits per heavy atom. The van der Waals surface area contributed by atoms with E-state index in [9.17, 15) is 0 Å². The zero-order valence-electron chi connectivity index (χ0n) is 30.8. The van der Waals surface area contributed by atoms with Crippen LogP contribution in [0, 0.1) is 11.8 Å². The third kappa shape index (κ3) is 8.61. The maximum atomic E-state index is 6.41. The molecule has 53 heavy (non-hydrogen) atoms. The molecule has 2 nitrogen and oxygen atoms in total. The van der Waals surface area contributed by atoms with Gasteiger partial charge in [0.15, 0.2) is 0 Å². The Balaban J connectivity index is 1.03. The molecule has 5 aromatic rings. The van der Waals surface area contributed by atoms with Gasteiger partial charge in [0.1, 0.15) is 11.5 Å². The second-order valence-electron chi connectivity index (χ2n) is 15.1. The molecule has 0 bridgehead atoms. The van der Waals surface area contributed by atoms with E-state index < -0.39 is 0 Å². The summed E-state index contributed by atoms with van der Waals surface area (Å²) in [6, 6.07) is 45.8. The lowest BCUT2D eigenvalue weighted by molar-refractivity contribution is 0.471. The van der Waals surface area contributed by atoms with Crippen molar-refractivity contribution in [3.8, 4) is 33.8 Å². The molecule has 0 radical (unpaired) electrons. The molecule has 4 atom stereocenters. The molecule has 0 amide bonds. The average molecular weight is 692 g/mol. The summed E-state index contributed by atoms with van der Waals surface area (Å²) in [4.78, 5) is 5.48. The lowest BCUT2D eigenvalue weighted by Crippen LogP contribution is -2.19. The van der Waals surface area contributed by atoms with Gasteiger partial charge < -0.3 is 4.74 Å². The van der Waals surface area contributed by atoms with Crippen LogP contribution in [-0.2, 0) is 0 Å². The SMILES string of the molecule is C[C@@H]1CC(C2CC=CCC2)=N/C(c2ccc(Oc3ccc(-c4cc(-c5ccccc5)cc(C5C=CC=CC5)c4)cc3)cc2)=C/CC(c2ccccc2)C1. The van der Waals surface area contributed by atoms with Crippen LogP contribution in [0.1, 0.15) is 80.4 Å². The zero-order chi connectivity index (χ0) is 35.8. The Morgan fingerprint density at radius 2 is 1.25 bits per heavy atom. The normalized spacial score (nSPS) is 22.5. The van der Waals surface area contributed by atoms with Crippen LogP contribution in [0.5, 0.6) is 11.5 Å². The predicted octanol–water partition coefficient (Wildman–Crippen LogP) is 14.2. The first-order valence-corrected chi connectivity index (χ1v) is 19.5. The summed E-state index contributed by atoms with van der Waals surface area (Å²) in [7, 11) is 0. The molecular weight excluding hydrogens is 643 g/mol. The standard InChI is InChI=1S/C51H49NO/c1-37-32-44(38-14-6-2-7-15-38)26-31-50(52-51(33-37)42-20-12-5-13-21-42)43-24-29-49(30-25-43)53-48-27-22-41(23-28-48)47-35-45(39-16-8-3-9-17-39)34-46(36-47)40-18-10-4-11-19-40/h2-12,14-18,22-25,27-31,34-37,40,42,44H,13,19-21,26,32-33H2,1H3/b50-31+,52-51?/t37-,40?,42?,44?/m0/s1. The van der Waals surface area contributed by atoms with Crippen molar-refractivity contribution < 1.29 is 4.74 Å². The van der Waals surface area contributed by atoms with Crippen molar-refractivity contribution in [3.63, 3.8) is 0 Å². The van der Waals surface area contributed by atoms with Crippen LogP contribution in [0.15, 0.2) is 175 Å². The number of benzene rings is 5. The molecular formula is C51H49NO. The van der Waals surface area contributed by atoms with E-state index >= 15 is 0 Å². The van der Waals surface area contributed by atoms with Gasteiger partial charge in [0.2, 0.25) is 0 Å². The van der Waals surface area contributed by atoms with E-state index in [2.05, 4.69) is 177 Å². The Morgan fingerprint density at radius 1 is 0.566 bits per heavy atom. The highest BCUT2D eigenvalue weighted by atomic mass is 16.5. The third-order valence-electron chi connectivity index (χ3n) is 11.2. The molecule has 2 heteroatoms. The van der Waals surface area contributed by atoms with Gasteiger partial charge in [-0.3, -0.25) is 4.99 Å². The summed E-state index contributed by atoms with van der Waals surface area (Å²) in [6.07, 6.45) is 23.6. The van der Waals surface area contributed by atoms with E-state index in [0.29, 0.717) is 23.7 Å². The minimum atomic E-state index is 0.381. The molecule has 0 spiro atoms. The largest absolute Gasteiger partial charge is 0.457 e. The maximum absolute atomic E-state index is 6.41.